The molecule has 8 heteroatoms. The van der Waals surface area contributed by atoms with Crippen LogP contribution in [-0.4, -0.2) is 32.8 Å². The molecule has 4 rings (SSSR count). The first kappa shape index (κ1) is 20.6. The van der Waals surface area contributed by atoms with Crippen LogP contribution in [0.5, 0.6) is 0 Å². The van der Waals surface area contributed by atoms with Crippen molar-refractivity contribution in [3.05, 3.63) is 70.0 Å². The lowest BCUT2D eigenvalue weighted by Crippen LogP contribution is -2.38. The Morgan fingerprint density at radius 3 is 2.61 bits per heavy atom. The molecule has 1 fully saturated rings. The van der Waals surface area contributed by atoms with E-state index in [1.165, 1.54) is 4.57 Å². The van der Waals surface area contributed by atoms with Crippen LogP contribution in [0.25, 0.3) is 10.9 Å². The van der Waals surface area contributed by atoms with Crippen molar-refractivity contribution >= 4 is 28.7 Å². The zero-order valence-electron chi connectivity index (χ0n) is 17.6. The largest absolute Gasteiger partial charge is 0.338 e. The van der Waals surface area contributed by atoms with Crippen LogP contribution in [0, 0.1) is 12.8 Å². The molecule has 0 aliphatic carbocycles. The molecule has 1 aliphatic heterocycles. The predicted molar refractivity (Wildman–Crippen MR) is 118 cm³/mol. The Labute approximate surface area is 179 Å². The SMILES string of the molecule is CCn1c(NNC(=O)C2CC(=O)N(Cc3ccc(C)cc3)C2)nc2ccccc2c1=O. The number of rotatable bonds is 6. The van der Waals surface area contributed by atoms with Crippen LogP contribution in [-0.2, 0) is 22.7 Å². The molecular formula is C23H25N5O3. The van der Waals surface area contributed by atoms with E-state index in [0.29, 0.717) is 30.5 Å². The number of para-hydroxylation sites is 1. The Morgan fingerprint density at radius 1 is 1.13 bits per heavy atom. The first-order chi connectivity index (χ1) is 15.0. The van der Waals surface area contributed by atoms with Crippen LogP contribution >= 0.6 is 0 Å². The Hall–Kier alpha value is -3.68. The Kier molecular flexibility index (Phi) is 5.70. The van der Waals surface area contributed by atoms with E-state index in [1.807, 2.05) is 38.1 Å². The lowest BCUT2D eigenvalue weighted by atomic mass is 10.1. The summed E-state index contributed by atoms with van der Waals surface area (Å²) in [6.07, 6.45) is 0.158. The van der Waals surface area contributed by atoms with Crippen molar-refractivity contribution in [2.45, 2.75) is 33.4 Å². The molecule has 1 atom stereocenters. The highest BCUT2D eigenvalue weighted by atomic mass is 16.2. The summed E-state index contributed by atoms with van der Waals surface area (Å²) in [7, 11) is 0. The Morgan fingerprint density at radius 2 is 1.87 bits per heavy atom. The van der Waals surface area contributed by atoms with Gasteiger partial charge < -0.3 is 4.90 Å². The summed E-state index contributed by atoms with van der Waals surface area (Å²) in [5.74, 6) is -0.548. The van der Waals surface area contributed by atoms with Crippen molar-refractivity contribution < 1.29 is 9.59 Å². The Bertz CT molecular complexity index is 1190. The normalized spacial score (nSPS) is 16.0. The molecule has 0 bridgehead atoms. The van der Waals surface area contributed by atoms with E-state index in [2.05, 4.69) is 15.8 Å². The van der Waals surface area contributed by atoms with E-state index >= 15 is 0 Å². The van der Waals surface area contributed by atoms with E-state index in [9.17, 15) is 14.4 Å². The summed E-state index contributed by atoms with van der Waals surface area (Å²) in [5, 5.41) is 0.523. The third kappa shape index (κ3) is 4.28. The van der Waals surface area contributed by atoms with Crippen LogP contribution in [0.15, 0.2) is 53.3 Å². The summed E-state index contributed by atoms with van der Waals surface area (Å²) in [5.41, 5.74) is 7.98. The zero-order chi connectivity index (χ0) is 22.0. The maximum absolute atomic E-state index is 12.7. The lowest BCUT2D eigenvalue weighted by Gasteiger charge is -2.18. The van der Waals surface area contributed by atoms with E-state index in [1.54, 1.807) is 29.2 Å². The molecular weight excluding hydrogens is 394 g/mol. The summed E-state index contributed by atoms with van der Waals surface area (Å²) >= 11 is 0. The number of aromatic nitrogens is 2. The summed E-state index contributed by atoms with van der Waals surface area (Å²) in [6.45, 7) is 5.09. The fourth-order valence-corrected chi connectivity index (χ4v) is 3.79. The summed E-state index contributed by atoms with van der Waals surface area (Å²) in [4.78, 5) is 43.9. The molecule has 2 aromatic carbocycles. The lowest BCUT2D eigenvalue weighted by molar-refractivity contribution is -0.129. The van der Waals surface area contributed by atoms with Gasteiger partial charge in [-0.15, -0.1) is 0 Å². The molecule has 1 saturated heterocycles. The van der Waals surface area contributed by atoms with Gasteiger partial charge in [-0.1, -0.05) is 42.0 Å². The number of carbonyl (C=O) groups is 2. The standard InChI is InChI=1S/C23H25N5O3/c1-3-28-22(31)18-6-4-5-7-19(18)24-23(28)26-25-21(30)17-12-20(29)27(14-17)13-16-10-8-15(2)9-11-16/h4-11,17H,3,12-14H2,1-2H3,(H,24,26)(H,25,30). The van der Waals surface area contributed by atoms with E-state index in [-0.39, 0.29) is 29.7 Å². The van der Waals surface area contributed by atoms with Crippen LogP contribution in [0.2, 0.25) is 0 Å². The third-order valence-corrected chi connectivity index (χ3v) is 5.55. The smallest absolute Gasteiger partial charge is 0.262 e. The zero-order valence-corrected chi connectivity index (χ0v) is 17.6. The number of likely N-dealkylation sites (tertiary alicyclic amines) is 1. The van der Waals surface area contributed by atoms with Crippen LogP contribution in [0.3, 0.4) is 0 Å². The van der Waals surface area contributed by atoms with Crippen molar-refractivity contribution in [3.8, 4) is 0 Å². The number of hydrogen-bond donors (Lipinski definition) is 2. The monoisotopic (exact) mass is 419 g/mol. The average Bonchev–Trinajstić information content (AvgIpc) is 3.14. The topological polar surface area (TPSA) is 96.3 Å². The molecule has 31 heavy (non-hydrogen) atoms. The van der Waals surface area contributed by atoms with Crippen molar-refractivity contribution in [1.29, 1.82) is 0 Å². The van der Waals surface area contributed by atoms with Crippen molar-refractivity contribution in [2.75, 3.05) is 12.0 Å². The first-order valence-corrected chi connectivity index (χ1v) is 10.3. The van der Waals surface area contributed by atoms with Gasteiger partial charge in [0.25, 0.3) is 5.56 Å². The summed E-state index contributed by atoms with van der Waals surface area (Å²) in [6, 6.07) is 15.1. The third-order valence-electron chi connectivity index (χ3n) is 5.55. The van der Waals surface area contributed by atoms with E-state index in [4.69, 9.17) is 0 Å². The molecule has 1 aliphatic rings. The van der Waals surface area contributed by atoms with Gasteiger partial charge in [0.2, 0.25) is 17.8 Å². The fourth-order valence-electron chi connectivity index (χ4n) is 3.79. The number of anilines is 1. The Balaban J connectivity index is 1.43. The second-order valence-corrected chi connectivity index (χ2v) is 7.78. The number of carbonyl (C=O) groups excluding carboxylic acids is 2. The van der Waals surface area contributed by atoms with Gasteiger partial charge in [0.1, 0.15) is 0 Å². The molecule has 0 spiro atoms. The van der Waals surface area contributed by atoms with Crippen molar-refractivity contribution in [2.24, 2.45) is 5.92 Å². The average molecular weight is 419 g/mol. The number of fused-ring (bicyclic) bond motifs is 1. The minimum Gasteiger partial charge on any atom is -0.338 e. The number of hydrogen-bond acceptors (Lipinski definition) is 5. The van der Waals surface area contributed by atoms with E-state index < -0.39 is 5.92 Å². The molecule has 3 aromatic rings. The molecule has 2 heterocycles. The molecule has 2 N–H and O–H groups in total. The van der Waals surface area contributed by atoms with Gasteiger partial charge in [0.05, 0.1) is 16.8 Å². The number of nitrogens with zero attached hydrogens (tertiary/aromatic N) is 3. The number of benzene rings is 2. The maximum atomic E-state index is 12.7. The molecule has 0 radical (unpaired) electrons. The molecule has 8 nitrogen and oxygen atoms in total. The molecule has 2 amide bonds. The van der Waals surface area contributed by atoms with Crippen LogP contribution in [0.1, 0.15) is 24.5 Å². The maximum Gasteiger partial charge on any atom is 0.262 e. The minimum atomic E-state index is -0.465. The number of amides is 2. The van der Waals surface area contributed by atoms with Gasteiger partial charge in [0, 0.05) is 26.1 Å². The first-order valence-electron chi connectivity index (χ1n) is 10.3. The molecule has 0 saturated carbocycles. The van der Waals surface area contributed by atoms with Crippen LogP contribution in [0.4, 0.5) is 5.95 Å². The predicted octanol–water partition coefficient (Wildman–Crippen LogP) is 2.22. The van der Waals surface area contributed by atoms with Crippen molar-refractivity contribution in [3.63, 3.8) is 0 Å². The van der Waals surface area contributed by atoms with Gasteiger partial charge in [0.15, 0.2) is 0 Å². The highest BCUT2D eigenvalue weighted by Crippen LogP contribution is 2.21. The fraction of sp³-hybridized carbons (Fsp3) is 0.304. The molecule has 1 unspecified atom stereocenters. The van der Waals surface area contributed by atoms with Gasteiger partial charge in [-0.3, -0.25) is 29.8 Å². The number of hydrazine groups is 1. The van der Waals surface area contributed by atoms with Crippen molar-refractivity contribution in [1.82, 2.24) is 19.9 Å². The molecule has 160 valence electrons. The second-order valence-electron chi connectivity index (χ2n) is 7.78. The summed E-state index contributed by atoms with van der Waals surface area (Å²) < 4.78 is 1.46. The minimum absolute atomic E-state index is 0.0463. The van der Waals surface area contributed by atoms with Gasteiger partial charge in [-0.2, -0.15) is 0 Å². The highest BCUT2D eigenvalue weighted by molar-refractivity contribution is 5.89. The van der Waals surface area contributed by atoms with Crippen LogP contribution < -0.4 is 16.4 Å². The molecule has 1 aromatic heterocycles. The highest BCUT2D eigenvalue weighted by Gasteiger charge is 2.34. The van der Waals surface area contributed by atoms with Gasteiger partial charge in [-0.25, -0.2) is 4.98 Å². The number of aryl methyl sites for hydroxylation is 1. The number of nitrogens with one attached hydrogen (secondary N) is 2. The van der Waals surface area contributed by atoms with E-state index in [0.717, 1.165) is 11.1 Å². The van der Waals surface area contributed by atoms with Gasteiger partial charge >= 0.3 is 0 Å². The quantitative estimate of drug-likeness (QED) is 0.597. The van der Waals surface area contributed by atoms with Gasteiger partial charge in [-0.05, 0) is 31.5 Å². The second kappa shape index (κ2) is 8.59.